The Hall–Kier alpha value is -1.84. The largest absolute Gasteiger partial charge is 0.508 e. The monoisotopic (exact) mass is 245 g/mol. The fraction of sp³-hybridized carbons (Fsp3) is 0.429. The van der Waals surface area contributed by atoms with Crippen molar-refractivity contribution >= 4 is 17.5 Å². The number of hydrogen-bond acceptors (Lipinski definition) is 3. The first-order valence-corrected chi connectivity index (χ1v) is 6.03. The van der Waals surface area contributed by atoms with Gasteiger partial charge in [-0.05, 0) is 36.1 Å². The van der Waals surface area contributed by atoms with Gasteiger partial charge in [0, 0.05) is 0 Å². The minimum absolute atomic E-state index is 0.111. The van der Waals surface area contributed by atoms with Gasteiger partial charge in [0.05, 0.1) is 17.5 Å². The van der Waals surface area contributed by atoms with Gasteiger partial charge in [-0.2, -0.15) is 0 Å². The number of phenols is 1. The molecular formula is C14H15NO3. The average Bonchev–Trinajstić information content (AvgIpc) is 2.74. The normalized spacial score (nSPS) is 28.5. The van der Waals surface area contributed by atoms with E-state index in [1.165, 1.54) is 11.0 Å². The number of fused-ring (bicyclic) bond motifs is 1. The number of imide groups is 1. The number of benzene rings is 1. The van der Waals surface area contributed by atoms with Crippen molar-refractivity contribution in [3.63, 3.8) is 0 Å². The van der Waals surface area contributed by atoms with Crippen molar-refractivity contribution in [2.24, 2.45) is 17.3 Å². The first kappa shape index (κ1) is 11.3. The number of rotatable bonds is 1. The molecular weight excluding hydrogens is 230 g/mol. The van der Waals surface area contributed by atoms with Crippen LogP contribution < -0.4 is 4.90 Å². The molecule has 0 aromatic heterocycles. The summed E-state index contributed by atoms with van der Waals surface area (Å²) in [7, 11) is 0. The van der Waals surface area contributed by atoms with Crippen LogP contribution in [0.3, 0.4) is 0 Å². The van der Waals surface area contributed by atoms with Gasteiger partial charge in [0.2, 0.25) is 11.8 Å². The van der Waals surface area contributed by atoms with Crippen LogP contribution in [0, 0.1) is 24.2 Å². The SMILES string of the molecule is Cc1cc(N2C(=O)C3C(C2=O)C3(C)C)ccc1O. The Labute approximate surface area is 105 Å². The molecule has 0 radical (unpaired) electrons. The van der Waals surface area contributed by atoms with E-state index in [4.69, 9.17) is 0 Å². The Morgan fingerprint density at radius 2 is 1.72 bits per heavy atom. The van der Waals surface area contributed by atoms with Crippen LogP contribution in [0.4, 0.5) is 5.69 Å². The van der Waals surface area contributed by atoms with E-state index in [-0.39, 0.29) is 34.8 Å². The molecule has 1 heterocycles. The smallest absolute Gasteiger partial charge is 0.238 e. The van der Waals surface area contributed by atoms with E-state index < -0.39 is 0 Å². The highest BCUT2D eigenvalue weighted by Crippen LogP contribution is 2.63. The van der Waals surface area contributed by atoms with Crippen LogP contribution in [0.5, 0.6) is 5.75 Å². The van der Waals surface area contributed by atoms with Crippen molar-refractivity contribution in [1.82, 2.24) is 0 Å². The fourth-order valence-electron chi connectivity index (χ4n) is 2.98. The number of carbonyl (C=O) groups excluding carboxylic acids is 2. The van der Waals surface area contributed by atoms with Gasteiger partial charge in [-0.1, -0.05) is 13.8 Å². The van der Waals surface area contributed by atoms with Crippen LogP contribution >= 0.6 is 0 Å². The molecule has 2 atom stereocenters. The molecule has 2 fully saturated rings. The van der Waals surface area contributed by atoms with E-state index in [2.05, 4.69) is 0 Å². The van der Waals surface area contributed by atoms with E-state index in [0.717, 1.165) is 0 Å². The van der Waals surface area contributed by atoms with Crippen molar-refractivity contribution in [2.75, 3.05) is 4.90 Å². The minimum Gasteiger partial charge on any atom is -0.508 e. The Morgan fingerprint density at radius 3 is 2.22 bits per heavy atom. The summed E-state index contributed by atoms with van der Waals surface area (Å²) < 4.78 is 0. The molecule has 18 heavy (non-hydrogen) atoms. The van der Waals surface area contributed by atoms with Crippen LogP contribution in [-0.2, 0) is 9.59 Å². The number of carbonyl (C=O) groups is 2. The first-order chi connectivity index (χ1) is 8.35. The minimum atomic E-state index is -0.184. The van der Waals surface area contributed by atoms with Gasteiger partial charge >= 0.3 is 0 Å². The van der Waals surface area contributed by atoms with Crippen LogP contribution in [0.15, 0.2) is 18.2 Å². The number of amides is 2. The second kappa shape index (κ2) is 3.13. The predicted octanol–water partition coefficient (Wildman–Crippen LogP) is 1.85. The number of hydrogen-bond donors (Lipinski definition) is 1. The topological polar surface area (TPSA) is 57.6 Å². The lowest BCUT2D eigenvalue weighted by molar-refractivity contribution is -0.125. The molecule has 2 unspecified atom stereocenters. The summed E-state index contributed by atoms with van der Waals surface area (Å²) in [5.74, 6) is -0.387. The maximum Gasteiger partial charge on any atom is 0.238 e. The Balaban J connectivity index is 1.98. The summed E-state index contributed by atoms with van der Waals surface area (Å²) >= 11 is 0. The molecule has 1 saturated heterocycles. The molecule has 2 aliphatic rings. The fourth-order valence-corrected chi connectivity index (χ4v) is 2.98. The van der Waals surface area contributed by atoms with E-state index in [1.807, 2.05) is 13.8 Å². The molecule has 0 spiro atoms. The van der Waals surface area contributed by atoms with Crippen molar-refractivity contribution in [2.45, 2.75) is 20.8 Å². The number of aryl methyl sites for hydroxylation is 1. The van der Waals surface area contributed by atoms with E-state index >= 15 is 0 Å². The standard InChI is InChI=1S/C14H15NO3/c1-7-6-8(4-5-9(7)16)15-12(17)10-11(13(15)18)14(10,2)3/h4-6,10-11,16H,1-3H3. The number of piperidine rings is 1. The molecule has 1 N–H and O–H groups in total. The van der Waals surface area contributed by atoms with Crippen LogP contribution in [0.25, 0.3) is 0 Å². The molecule has 1 aromatic rings. The number of anilines is 1. The van der Waals surface area contributed by atoms with Gasteiger partial charge in [-0.15, -0.1) is 0 Å². The molecule has 4 nitrogen and oxygen atoms in total. The maximum atomic E-state index is 12.2. The maximum absolute atomic E-state index is 12.2. The second-order valence-corrected chi connectivity index (χ2v) is 5.76. The Kier molecular flexibility index (Phi) is 1.96. The number of phenolic OH excluding ortho intramolecular Hbond substituents is 1. The molecule has 3 rings (SSSR count). The van der Waals surface area contributed by atoms with Gasteiger partial charge < -0.3 is 5.11 Å². The molecule has 1 aromatic carbocycles. The van der Waals surface area contributed by atoms with Crippen molar-refractivity contribution in [1.29, 1.82) is 0 Å². The lowest BCUT2D eigenvalue weighted by Crippen LogP contribution is -2.36. The van der Waals surface area contributed by atoms with Crippen molar-refractivity contribution in [3.8, 4) is 5.75 Å². The zero-order valence-corrected chi connectivity index (χ0v) is 10.6. The zero-order valence-electron chi connectivity index (χ0n) is 10.6. The second-order valence-electron chi connectivity index (χ2n) is 5.76. The third-order valence-electron chi connectivity index (χ3n) is 4.24. The van der Waals surface area contributed by atoms with Crippen LogP contribution in [0.1, 0.15) is 19.4 Å². The van der Waals surface area contributed by atoms with Crippen LogP contribution in [0.2, 0.25) is 0 Å². The van der Waals surface area contributed by atoms with Crippen molar-refractivity contribution < 1.29 is 14.7 Å². The van der Waals surface area contributed by atoms with Gasteiger partial charge in [0.1, 0.15) is 5.75 Å². The first-order valence-electron chi connectivity index (χ1n) is 6.03. The van der Waals surface area contributed by atoms with E-state index in [1.54, 1.807) is 19.1 Å². The Morgan fingerprint density at radius 1 is 1.17 bits per heavy atom. The van der Waals surface area contributed by atoms with Gasteiger partial charge in [0.25, 0.3) is 0 Å². The highest BCUT2D eigenvalue weighted by atomic mass is 16.3. The Bertz CT molecular complexity index is 552. The molecule has 2 amide bonds. The predicted molar refractivity (Wildman–Crippen MR) is 66.1 cm³/mol. The van der Waals surface area contributed by atoms with Gasteiger partial charge in [-0.25, -0.2) is 0 Å². The number of nitrogens with zero attached hydrogens (tertiary/aromatic N) is 1. The van der Waals surface area contributed by atoms with Gasteiger partial charge in [-0.3, -0.25) is 14.5 Å². The summed E-state index contributed by atoms with van der Waals surface area (Å²) in [6, 6.07) is 4.79. The molecule has 94 valence electrons. The van der Waals surface area contributed by atoms with Crippen molar-refractivity contribution in [3.05, 3.63) is 23.8 Å². The summed E-state index contributed by atoms with van der Waals surface area (Å²) in [4.78, 5) is 25.7. The van der Waals surface area contributed by atoms with E-state index in [9.17, 15) is 14.7 Å². The summed E-state index contributed by atoms with van der Waals surface area (Å²) in [5, 5.41) is 9.47. The molecule has 1 aliphatic carbocycles. The quantitative estimate of drug-likeness (QED) is 0.768. The third-order valence-corrected chi connectivity index (χ3v) is 4.24. The zero-order chi connectivity index (χ0) is 13.2. The highest BCUT2D eigenvalue weighted by molar-refractivity contribution is 6.25. The lowest BCUT2D eigenvalue weighted by Gasteiger charge is -2.21. The highest BCUT2D eigenvalue weighted by Gasteiger charge is 2.72. The summed E-state index contributed by atoms with van der Waals surface area (Å²) in [6.45, 7) is 5.66. The summed E-state index contributed by atoms with van der Waals surface area (Å²) in [6.07, 6.45) is 0. The van der Waals surface area contributed by atoms with Gasteiger partial charge in [0.15, 0.2) is 0 Å². The molecule has 4 heteroatoms. The summed E-state index contributed by atoms with van der Waals surface area (Å²) in [5.41, 5.74) is 1.03. The molecule has 1 saturated carbocycles. The molecule has 1 aliphatic heterocycles. The number of aromatic hydroxyl groups is 1. The van der Waals surface area contributed by atoms with E-state index in [0.29, 0.717) is 11.3 Å². The van der Waals surface area contributed by atoms with Crippen LogP contribution in [-0.4, -0.2) is 16.9 Å². The molecule has 0 bridgehead atoms. The lowest BCUT2D eigenvalue weighted by atomic mass is 10.0. The third kappa shape index (κ3) is 1.20. The average molecular weight is 245 g/mol.